The number of fused-ring (bicyclic) bond motifs is 1. The van der Waals surface area contributed by atoms with Crippen molar-refractivity contribution in [3.63, 3.8) is 0 Å². The lowest BCUT2D eigenvalue weighted by Gasteiger charge is -2.24. The van der Waals surface area contributed by atoms with Gasteiger partial charge < -0.3 is 9.32 Å². The maximum absolute atomic E-state index is 11.2. The lowest BCUT2D eigenvalue weighted by atomic mass is 10.1. The van der Waals surface area contributed by atoms with Gasteiger partial charge in [0.1, 0.15) is 0 Å². The summed E-state index contributed by atoms with van der Waals surface area (Å²) in [6.07, 6.45) is 6.54. The van der Waals surface area contributed by atoms with Crippen LogP contribution in [0.15, 0.2) is 53.6 Å². The summed E-state index contributed by atoms with van der Waals surface area (Å²) in [6, 6.07) is 7.06. The number of nitro benzene ring substituents is 1. The summed E-state index contributed by atoms with van der Waals surface area (Å²) >= 11 is 0. The number of furan rings is 1. The van der Waals surface area contributed by atoms with Gasteiger partial charge >= 0.3 is 0 Å². The first-order valence-corrected chi connectivity index (χ1v) is 6.98. The molecular formula is C16H15N3O3. The van der Waals surface area contributed by atoms with Crippen molar-refractivity contribution in [3.8, 4) is 0 Å². The lowest BCUT2D eigenvalue weighted by molar-refractivity contribution is -0.383. The van der Waals surface area contributed by atoms with Gasteiger partial charge in [0.05, 0.1) is 22.8 Å². The average molecular weight is 297 g/mol. The molecule has 0 aliphatic rings. The smallest absolute Gasteiger partial charge is 0.278 e. The number of non-ortho nitro benzene ring substituents is 1. The molecule has 0 unspecified atom stereocenters. The Morgan fingerprint density at radius 1 is 1.27 bits per heavy atom. The van der Waals surface area contributed by atoms with Gasteiger partial charge in [-0.25, -0.2) is 0 Å². The standard InChI is InChI=1S/C16H15N3O3/c1-2-18(10-12-6-8-22-11-12)15-3-4-16(19(20)21)14-9-17-7-5-13(14)15/h3-9,11H,2,10H2,1H3. The topological polar surface area (TPSA) is 72.4 Å². The summed E-state index contributed by atoms with van der Waals surface area (Å²) in [5, 5.41) is 12.6. The van der Waals surface area contributed by atoms with Crippen LogP contribution in [0.3, 0.4) is 0 Å². The Hall–Kier alpha value is -2.89. The van der Waals surface area contributed by atoms with Gasteiger partial charge in [0.25, 0.3) is 5.69 Å². The molecule has 0 bridgehead atoms. The molecule has 0 spiro atoms. The van der Waals surface area contributed by atoms with Gasteiger partial charge in [-0.05, 0) is 25.1 Å². The Kier molecular flexibility index (Phi) is 3.74. The number of pyridine rings is 1. The van der Waals surface area contributed by atoms with E-state index in [9.17, 15) is 10.1 Å². The van der Waals surface area contributed by atoms with Crippen LogP contribution in [0.4, 0.5) is 11.4 Å². The predicted octanol–water partition coefficient (Wildman–Crippen LogP) is 3.76. The predicted molar refractivity (Wildman–Crippen MR) is 83.8 cm³/mol. The first-order chi connectivity index (χ1) is 10.7. The molecule has 0 amide bonds. The van der Waals surface area contributed by atoms with Crippen LogP contribution in [-0.2, 0) is 6.54 Å². The monoisotopic (exact) mass is 297 g/mol. The Labute approximate surface area is 127 Å². The number of nitro groups is 1. The highest BCUT2D eigenvalue weighted by molar-refractivity contribution is 5.99. The van der Waals surface area contributed by atoms with E-state index < -0.39 is 0 Å². The van der Waals surface area contributed by atoms with Crippen molar-refractivity contribution in [3.05, 3.63) is 64.9 Å². The Morgan fingerprint density at radius 2 is 2.14 bits per heavy atom. The summed E-state index contributed by atoms with van der Waals surface area (Å²) in [7, 11) is 0. The van der Waals surface area contributed by atoms with Crippen LogP contribution in [0.5, 0.6) is 0 Å². The molecule has 22 heavy (non-hydrogen) atoms. The lowest BCUT2D eigenvalue weighted by Crippen LogP contribution is -2.22. The van der Waals surface area contributed by atoms with Crippen molar-refractivity contribution >= 4 is 22.1 Å². The third kappa shape index (κ3) is 2.50. The minimum atomic E-state index is -0.375. The van der Waals surface area contributed by atoms with E-state index in [0.29, 0.717) is 11.9 Å². The van der Waals surface area contributed by atoms with Gasteiger partial charge in [-0.1, -0.05) is 0 Å². The molecule has 0 saturated heterocycles. The number of aromatic nitrogens is 1. The Balaban J connectivity index is 2.10. The molecule has 0 N–H and O–H groups in total. The molecule has 0 fully saturated rings. The molecule has 2 aromatic heterocycles. The second-order valence-electron chi connectivity index (χ2n) is 4.93. The van der Waals surface area contributed by atoms with Crippen molar-refractivity contribution in [2.75, 3.05) is 11.4 Å². The fourth-order valence-corrected chi connectivity index (χ4v) is 2.56. The first-order valence-electron chi connectivity index (χ1n) is 6.98. The molecule has 0 aliphatic carbocycles. The maximum Gasteiger partial charge on any atom is 0.278 e. The fraction of sp³-hybridized carbons (Fsp3) is 0.188. The zero-order valence-corrected chi connectivity index (χ0v) is 12.1. The molecule has 112 valence electrons. The van der Waals surface area contributed by atoms with Crippen LogP contribution in [0.1, 0.15) is 12.5 Å². The highest BCUT2D eigenvalue weighted by Crippen LogP contribution is 2.33. The van der Waals surface area contributed by atoms with E-state index in [1.807, 2.05) is 12.1 Å². The highest BCUT2D eigenvalue weighted by atomic mass is 16.6. The number of anilines is 1. The minimum Gasteiger partial charge on any atom is -0.472 e. The highest BCUT2D eigenvalue weighted by Gasteiger charge is 2.17. The second-order valence-corrected chi connectivity index (χ2v) is 4.93. The summed E-state index contributed by atoms with van der Waals surface area (Å²) in [5.41, 5.74) is 2.08. The Bertz CT molecular complexity index is 800. The van der Waals surface area contributed by atoms with Gasteiger partial charge in [0, 0.05) is 48.2 Å². The van der Waals surface area contributed by atoms with Crippen LogP contribution in [0.2, 0.25) is 0 Å². The summed E-state index contributed by atoms with van der Waals surface area (Å²) in [4.78, 5) is 17.0. The summed E-state index contributed by atoms with van der Waals surface area (Å²) in [5.74, 6) is 0. The SMILES string of the molecule is CCN(Cc1ccoc1)c1ccc([N+](=O)[O-])c2cnccc12. The molecule has 6 heteroatoms. The summed E-state index contributed by atoms with van der Waals surface area (Å²) < 4.78 is 5.11. The third-order valence-corrected chi connectivity index (χ3v) is 3.64. The minimum absolute atomic E-state index is 0.0752. The van der Waals surface area contributed by atoms with E-state index >= 15 is 0 Å². The Morgan fingerprint density at radius 3 is 2.82 bits per heavy atom. The summed E-state index contributed by atoms with van der Waals surface area (Å²) in [6.45, 7) is 3.51. The second kappa shape index (κ2) is 5.85. The van der Waals surface area contributed by atoms with E-state index in [-0.39, 0.29) is 10.6 Å². The quantitative estimate of drug-likeness (QED) is 0.529. The molecule has 3 aromatic rings. The average Bonchev–Trinajstić information content (AvgIpc) is 3.04. The molecule has 0 aliphatic heterocycles. The zero-order chi connectivity index (χ0) is 15.5. The van der Waals surface area contributed by atoms with Gasteiger partial charge in [-0.3, -0.25) is 15.1 Å². The maximum atomic E-state index is 11.2. The fourth-order valence-electron chi connectivity index (χ4n) is 2.56. The van der Waals surface area contributed by atoms with Crippen molar-refractivity contribution in [1.29, 1.82) is 0 Å². The largest absolute Gasteiger partial charge is 0.472 e. The van der Waals surface area contributed by atoms with Gasteiger partial charge in [0.2, 0.25) is 0 Å². The normalized spacial score (nSPS) is 10.8. The molecule has 2 heterocycles. The van der Waals surface area contributed by atoms with E-state index in [4.69, 9.17) is 4.42 Å². The number of rotatable bonds is 5. The van der Waals surface area contributed by atoms with E-state index in [1.54, 1.807) is 31.0 Å². The van der Waals surface area contributed by atoms with Crippen LogP contribution >= 0.6 is 0 Å². The zero-order valence-electron chi connectivity index (χ0n) is 12.1. The van der Waals surface area contributed by atoms with E-state index in [0.717, 1.165) is 23.2 Å². The molecular weight excluding hydrogens is 282 g/mol. The van der Waals surface area contributed by atoms with Crippen LogP contribution in [-0.4, -0.2) is 16.5 Å². The van der Waals surface area contributed by atoms with Crippen LogP contribution in [0.25, 0.3) is 10.8 Å². The number of nitrogens with zero attached hydrogens (tertiary/aromatic N) is 3. The molecule has 0 atom stereocenters. The van der Waals surface area contributed by atoms with Gasteiger partial charge in [-0.2, -0.15) is 0 Å². The molecule has 0 saturated carbocycles. The van der Waals surface area contributed by atoms with Crippen molar-refractivity contribution in [2.24, 2.45) is 0 Å². The third-order valence-electron chi connectivity index (χ3n) is 3.64. The first kappa shape index (κ1) is 14.1. The molecule has 3 rings (SSSR count). The van der Waals surface area contributed by atoms with Crippen molar-refractivity contribution in [1.82, 2.24) is 4.98 Å². The van der Waals surface area contributed by atoms with Crippen LogP contribution < -0.4 is 4.90 Å². The van der Waals surface area contributed by atoms with Crippen LogP contribution in [0, 0.1) is 10.1 Å². The van der Waals surface area contributed by atoms with Gasteiger partial charge in [0.15, 0.2) is 0 Å². The molecule has 0 radical (unpaired) electrons. The number of benzene rings is 1. The molecule has 1 aromatic carbocycles. The molecule has 6 nitrogen and oxygen atoms in total. The number of hydrogen-bond acceptors (Lipinski definition) is 5. The van der Waals surface area contributed by atoms with Gasteiger partial charge in [-0.15, -0.1) is 0 Å². The van der Waals surface area contributed by atoms with E-state index in [2.05, 4.69) is 16.8 Å². The van der Waals surface area contributed by atoms with E-state index in [1.165, 1.54) is 6.07 Å². The number of hydrogen-bond donors (Lipinski definition) is 0. The van der Waals surface area contributed by atoms with Crippen molar-refractivity contribution in [2.45, 2.75) is 13.5 Å². The van der Waals surface area contributed by atoms with Crippen molar-refractivity contribution < 1.29 is 9.34 Å².